The second-order valence-electron chi connectivity index (χ2n) is 3.60. The van der Waals surface area contributed by atoms with E-state index < -0.39 is 0 Å². The number of benzene rings is 1. The van der Waals surface area contributed by atoms with Crippen molar-refractivity contribution in [3.63, 3.8) is 0 Å². The monoisotopic (exact) mass is 202 g/mol. The van der Waals surface area contributed by atoms with Crippen LogP contribution in [-0.2, 0) is 11.2 Å². The van der Waals surface area contributed by atoms with E-state index in [4.69, 9.17) is 4.74 Å². The molecule has 2 aliphatic rings. The highest BCUT2D eigenvalue weighted by Gasteiger charge is 2.21. The molecule has 0 saturated carbocycles. The molecular formula is C11H10N2O2. The zero-order chi connectivity index (χ0) is 10.3. The van der Waals surface area contributed by atoms with Crippen molar-refractivity contribution in [1.29, 1.82) is 0 Å². The Morgan fingerprint density at radius 1 is 1.40 bits per heavy atom. The Balaban J connectivity index is 1.99. The van der Waals surface area contributed by atoms with Crippen LogP contribution in [0.1, 0.15) is 12.0 Å². The number of hydrogen-bond acceptors (Lipinski definition) is 3. The van der Waals surface area contributed by atoms with Crippen molar-refractivity contribution in [2.24, 2.45) is 5.10 Å². The van der Waals surface area contributed by atoms with E-state index in [0.29, 0.717) is 6.42 Å². The summed E-state index contributed by atoms with van der Waals surface area (Å²) in [6.07, 6.45) is 2.94. The molecule has 1 aromatic rings. The van der Waals surface area contributed by atoms with E-state index in [9.17, 15) is 4.79 Å². The summed E-state index contributed by atoms with van der Waals surface area (Å²) in [5, 5.41) is 5.47. The molecule has 3 rings (SSSR count). The van der Waals surface area contributed by atoms with E-state index in [-0.39, 0.29) is 5.91 Å². The highest BCUT2D eigenvalue weighted by Crippen LogP contribution is 2.30. The van der Waals surface area contributed by atoms with Crippen LogP contribution in [0, 0.1) is 0 Å². The largest absolute Gasteiger partial charge is 0.493 e. The number of fused-ring (bicyclic) bond motifs is 1. The Labute approximate surface area is 87.1 Å². The molecule has 2 aliphatic heterocycles. The van der Waals surface area contributed by atoms with E-state index in [0.717, 1.165) is 30.0 Å². The Morgan fingerprint density at radius 3 is 3.13 bits per heavy atom. The standard InChI is InChI=1S/C11H10N2O2/c14-11-3-5-12-13(11)9-1-2-10-8(7-9)4-6-15-10/h1-2,5,7H,3-4,6H2. The van der Waals surface area contributed by atoms with E-state index >= 15 is 0 Å². The van der Waals surface area contributed by atoms with Crippen LogP contribution in [0.2, 0.25) is 0 Å². The van der Waals surface area contributed by atoms with Gasteiger partial charge in [0.1, 0.15) is 5.75 Å². The van der Waals surface area contributed by atoms with Crippen LogP contribution in [0.4, 0.5) is 5.69 Å². The lowest BCUT2D eigenvalue weighted by Gasteiger charge is -2.12. The van der Waals surface area contributed by atoms with Crippen molar-refractivity contribution < 1.29 is 9.53 Å². The van der Waals surface area contributed by atoms with Gasteiger partial charge in [-0.05, 0) is 23.8 Å². The molecule has 76 valence electrons. The van der Waals surface area contributed by atoms with Crippen molar-refractivity contribution in [2.75, 3.05) is 11.6 Å². The SMILES string of the molecule is O=C1CC=NN1c1ccc2c(c1)CCO2. The van der Waals surface area contributed by atoms with Crippen molar-refractivity contribution in [2.45, 2.75) is 12.8 Å². The summed E-state index contributed by atoms with van der Waals surface area (Å²) in [7, 11) is 0. The molecule has 0 aliphatic carbocycles. The van der Waals surface area contributed by atoms with Crippen LogP contribution in [0.25, 0.3) is 0 Å². The van der Waals surface area contributed by atoms with Crippen molar-refractivity contribution >= 4 is 17.8 Å². The van der Waals surface area contributed by atoms with Gasteiger partial charge in [0.05, 0.1) is 18.7 Å². The van der Waals surface area contributed by atoms with Crippen LogP contribution in [-0.4, -0.2) is 18.7 Å². The normalized spacial score (nSPS) is 18.1. The van der Waals surface area contributed by atoms with Crippen molar-refractivity contribution in [3.8, 4) is 5.75 Å². The van der Waals surface area contributed by atoms with Gasteiger partial charge in [0.2, 0.25) is 0 Å². The predicted octanol–water partition coefficient (Wildman–Crippen LogP) is 1.34. The van der Waals surface area contributed by atoms with Gasteiger partial charge in [-0.1, -0.05) is 0 Å². The fourth-order valence-electron chi connectivity index (χ4n) is 1.87. The van der Waals surface area contributed by atoms with Gasteiger partial charge in [0.25, 0.3) is 5.91 Å². The van der Waals surface area contributed by atoms with E-state index in [1.165, 1.54) is 5.01 Å². The number of anilines is 1. The molecule has 0 spiro atoms. The third kappa shape index (κ3) is 1.29. The molecule has 0 atom stereocenters. The number of nitrogens with zero attached hydrogens (tertiary/aromatic N) is 2. The van der Waals surface area contributed by atoms with Crippen LogP contribution in [0.3, 0.4) is 0 Å². The molecule has 0 unspecified atom stereocenters. The summed E-state index contributed by atoms with van der Waals surface area (Å²) < 4.78 is 5.40. The molecule has 0 fully saturated rings. The van der Waals surface area contributed by atoms with E-state index in [2.05, 4.69) is 5.10 Å². The number of carbonyl (C=O) groups excluding carboxylic acids is 1. The maximum absolute atomic E-state index is 11.4. The highest BCUT2D eigenvalue weighted by atomic mass is 16.5. The van der Waals surface area contributed by atoms with Crippen LogP contribution in [0.15, 0.2) is 23.3 Å². The molecule has 0 bridgehead atoms. The Bertz CT molecular complexity index is 454. The molecule has 0 aromatic heterocycles. The second kappa shape index (κ2) is 3.08. The number of rotatable bonds is 1. The molecule has 2 heterocycles. The van der Waals surface area contributed by atoms with Gasteiger partial charge in [-0.3, -0.25) is 4.79 Å². The molecule has 1 aromatic carbocycles. The molecule has 4 nitrogen and oxygen atoms in total. The third-order valence-corrected chi connectivity index (χ3v) is 2.62. The van der Waals surface area contributed by atoms with Gasteiger partial charge >= 0.3 is 0 Å². The molecule has 0 radical (unpaired) electrons. The summed E-state index contributed by atoms with van der Waals surface area (Å²) in [5.41, 5.74) is 1.99. The van der Waals surface area contributed by atoms with Gasteiger partial charge in [0.15, 0.2) is 0 Å². The van der Waals surface area contributed by atoms with Crippen LogP contribution < -0.4 is 9.75 Å². The first-order chi connectivity index (χ1) is 7.34. The fourth-order valence-corrected chi connectivity index (χ4v) is 1.87. The number of hydrogen-bond donors (Lipinski definition) is 0. The second-order valence-corrected chi connectivity index (χ2v) is 3.60. The first-order valence-corrected chi connectivity index (χ1v) is 4.96. The zero-order valence-electron chi connectivity index (χ0n) is 8.14. The maximum Gasteiger partial charge on any atom is 0.252 e. The first-order valence-electron chi connectivity index (χ1n) is 4.96. The number of hydrazone groups is 1. The van der Waals surface area contributed by atoms with Gasteiger partial charge in [0, 0.05) is 12.6 Å². The molecule has 15 heavy (non-hydrogen) atoms. The topological polar surface area (TPSA) is 41.9 Å². The number of carbonyl (C=O) groups is 1. The summed E-state index contributed by atoms with van der Waals surface area (Å²) >= 11 is 0. The minimum absolute atomic E-state index is 0.0221. The Hall–Kier alpha value is -1.84. The van der Waals surface area contributed by atoms with E-state index in [1.54, 1.807) is 6.21 Å². The maximum atomic E-state index is 11.4. The van der Waals surface area contributed by atoms with Gasteiger partial charge in [-0.15, -0.1) is 0 Å². The summed E-state index contributed by atoms with van der Waals surface area (Å²) in [4.78, 5) is 11.4. The average molecular weight is 202 g/mol. The van der Waals surface area contributed by atoms with Gasteiger partial charge < -0.3 is 4.74 Å². The van der Waals surface area contributed by atoms with Gasteiger partial charge in [-0.2, -0.15) is 5.10 Å². The Morgan fingerprint density at radius 2 is 2.33 bits per heavy atom. The number of ether oxygens (including phenoxy) is 1. The summed E-state index contributed by atoms with van der Waals surface area (Å²) in [6.45, 7) is 0.732. The summed E-state index contributed by atoms with van der Waals surface area (Å²) in [5.74, 6) is 0.947. The smallest absolute Gasteiger partial charge is 0.252 e. The highest BCUT2D eigenvalue weighted by molar-refractivity contribution is 6.05. The fraction of sp³-hybridized carbons (Fsp3) is 0.273. The van der Waals surface area contributed by atoms with Crippen LogP contribution in [0.5, 0.6) is 5.75 Å². The minimum atomic E-state index is 0.0221. The molecule has 0 N–H and O–H groups in total. The lowest BCUT2D eigenvalue weighted by molar-refractivity contribution is -0.116. The van der Waals surface area contributed by atoms with Gasteiger partial charge in [-0.25, -0.2) is 5.01 Å². The lowest BCUT2D eigenvalue weighted by atomic mass is 10.1. The molecule has 4 heteroatoms. The quantitative estimate of drug-likeness (QED) is 0.689. The third-order valence-electron chi connectivity index (χ3n) is 2.62. The Kier molecular flexibility index (Phi) is 1.74. The molecule has 1 amide bonds. The average Bonchev–Trinajstić information content (AvgIpc) is 2.84. The number of amides is 1. The van der Waals surface area contributed by atoms with Crippen LogP contribution >= 0.6 is 0 Å². The first kappa shape index (κ1) is 8.47. The van der Waals surface area contributed by atoms with Crippen molar-refractivity contribution in [1.82, 2.24) is 0 Å². The predicted molar refractivity (Wildman–Crippen MR) is 56.2 cm³/mol. The van der Waals surface area contributed by atoms with E-state index in [1.807, 2.05) is 18.2 Å². The molecule has 0 saturated heterocycles. The summed E-state index contributed by atoms with van der Waals surface area (Å²) in [6, 6.07) is 5.74. The zero-order valence-corrected chi connectivity index (χ0v) is 8.14. The van der Waals surface area contributed by atoms with Crippen molar-refractivity contribution in [3.05, 3.63) is 23.8 Å². The minimum Gasteiger partial charge on any atom is -0.493 e. The lowest BCUT2D eigenvalue weighted by Crippen LogP contribution is -2.19. The molecular weight excluding hydrogens is 192 g/mol.